The van der Waals surface area contributed by atoms with Crippen LogP contribution in [0, 0.1) is 0 Å². The standard InChI is InChI=1S/C13H12Cl2N2O5/c1-3-21-13(20)22-11-10(18)16(2)12(19)17(11)7-4-5-8(14)9(15)6-7/h4-6,11H,3H2,1-2H3/t11-/m1/s1. The van der Waals surface area contributed by atoms with Gasteiger partial charge in [0.2, 0.25) is 0 Å². The monoisotopic (exact) mass is 346 g/mol. The predicted octanol–water partition coefficient (Wildman–Crippen LogP) is 2.89. The molecule has 1 aliphatic heterocycles. The van der Waals surface area contributed by atoms with Crippen LogP contribution in [-0.4, -0.2) is 42.9 Å². The summed E-state index contributed by atoms with van der Waals surface area (Å²) >= 11 is 11.7. The van der Waals surface area contributed by atoms with E-state index in [2.05, 4.69) is 4.74 Å². The van der Waals surface area contributed by atoms with Crippen molar-refractivity contribution >= 4 is 47.0 Å². The summed E-state index contributed by atoms with van der Waals surface area (Å²) in [7, 11) is 1.28. The van der Waals surface area contributed by atoms with Gasteiger partial charge in [0.05, 0.1) is 22.3 Å². The number of carbonyl (C=O) groups is 3. The molecule has 0 aromatic heterocycles. The molecule has 0 radical (unpaired) electrons. The lowest BCUT2D eigenvalue weighted by Gasteiger charge is -2.21. The van der Waals surface area contributed by atoms with Crippen molar-refractivity contribution in [3.05, 3.63) is 28.2 Å². The zero-order chi connectivity index (χ0) is 16.4. The van der Waals surface area contributed by atoms with E-state index in [-0.39, 0.29) is 17.3 Å². The van der Waals surface area contributed by atoms with Gasteiger partial charge >= 0.3 is 12.2 Å². The Labute approximate surface area is 136 Å². The van der Waals surface area contributed by atoms with E-state index in [1.54, 1.807) is 6.92 Å². The summed E-state index contributed by atoms with van der Waals surface area (Å²) in [6.45, 7) is 1.67. The molecule has 1 saturated heterocycles. The molecule has 1 aromatic rings. The topological polar surface area (TPSA) is 76.1 Å². The molecule has 7 nitrogen and oxygen atoms in total. The Morgan fingerprint density at radius 1 is 1.27 bits per heavy atom. The van der Waals surface area contributed by atoms with Crippen LogP contribution in [-0.2, 0) is 14.3 Å². The summed E-state index contributed by atoms with van der Waals surface area (Å²) in [5.41, 5.74) is 0.270. The minimum atomic E-state index is -1.45. The number of nitrogens with zero attached hydrogens (tertiary/aromatic N) is 2. The Hall–Kier alpha value is -1.99. The smallest absolute Gasteiger partial charge is 0.435 e. The highest BCUT2D eigenvalue weighted by molar-refractivity contribution is 6.42. The van der Waals surface area contributed by atoms with Gasteiger partial charge in [0.1, 0.15) is 0 Å². The molecule has 0 bridgehead atoms. The van der Waals surface area contributed by atoms with Crippen LogP contribution in [0.4, 0.5) is 15.3 Å². The Bertz CT molecular complexity index is 637. The van der Waals surface area contributed by atoms with Gasteiger partial charge in [-0.3, -0.25) is 9.69 Å². The summed E-state index contributed by atoms with van der Waals surface area (Å²) in [5.74, 6) is -0.691. The van der Waals surface area contributed by atoms with E-state index in [0.717, 1.165) is 9.80 Å². The molecular weight excluding hydrogens is 335 g/mol. The number of urea groups is 1. The second-order valence-corrected chi connectivity index (χ2v) is 5.12. The minimum Gasteiger partial charge on any atom is -0.435 e. The van der Waals surface area contributed by atoms with Gasteiger partial charge in [-0.2, -0.15) is 0 Å². The molecule has 0 aliphatic carbocycles. The Morgan fingerprint density at radius 2 is 1.95 bits per heavy atom. The first-order chi connectivity index (χ1) is 10.4. The molecule has 0 unspecified atom stereocenters. The van der Waals surface area contributed by atoms with Gasteiger partial charge in [-0.05, 0) is 25.1 Å². The van der Waals surface area contributed by atoms with E-state index in [4.69, 9.17) is 27.9 Å². The number of benzene rings is 1. The second-order valence-electron chi connectivity index (χ2n) is 4.30. The Balaban J connectivity index is 2.35. The first-order valence-corrected chi connectivity index (χ1v) is 7.01. The molecule has 1 aliphatic rings. The maximum absolute atomic E-state index is 12.2. The number of amides is 3. The van der Waals surface area contributed by atoms with E-state index in [0.29, 0.717) is 5.02 Å². The number of anilines is 1. The maximum Gasteiger partial charge on any atom is 0.510 e. The Kier molecular flexibility index (Phi) is 4.77. The number of hydrogen-bond acceptors (Lipinski definition) is 5. The van der Waals surface area contributed by atoms with Crippen molar-refractivity contribution in [1.29, 1.82) is 0 Å². The average Bonchev–Trinajstić information content (AvgIpc) is 2.67. The molecule has 22 heavy (non-hydrogen) atoms. The second kappa shape index (κ2) is 6.41. The minimum absolute atomic E-state index is 0.0797. The first-order valence-electron chi connectivity index (χ1n) is 6.26. The number of rotatable bonds is 3. The van der Waals surface area contributed by atoms with E-state index >= 15 is 0 Å². The van der Waals surface area contributed by atoms with Crippen LogP contribution in [0.15, 0.2) is 18.2 Å². The fourth-order valence-corrected chi connectivity index (χ4v) is 2.15. The molecule has 0 spiro atoms. The lowest BCUT2D eigenvalue weighted by atomic mass is 10.3. The van der Waals surface area contributed by atoms with Crippen molar-refractivity contribution in [2.75, 3.05) is 18.6 Å². The largest absolute Gasteiger partial charge is 0.510 e. The molecule has 1 aromatic carbocycles. The number of carbonyl (C=O) groups excluding carboxylic acids is 3. The highest BCUT2D eigenvalue weighted by atomic mass is 35.5. The molecule has 0 saturated carbocycles. The van der Waals surface area contributed by atoms with Gasteiger partial charge in [0, 0.05) is 7.05 Å². The van der Waals surface area contributed by atoms with Crippen molar-refractivity contribution < 1.29 is 23.9 Å². The van der Waals surface area contributed by atoms with Crippen LogP contribution in [0.5, 0.6) is 0 Å². The van der Waals surface area contributed by atoms with Gasteiger partial charge in [0.15, 0.2) is 0 Å². The lowest BCUT2D eigenvalue weighted by Crippen LogP contribution is -2.39. The van der Waals surface area contributed by atoms with Crippen molar-refractivity contribution in [2.45, 2.75) is 13.2 Å². The van der Waals surface area contributed by atoms with Crippen molar-refractivity contribution in [3.63, 3.8) is 0 Å². The van der Waals surface area contributed by atoms with Crippen LogP contribution in [0.1, 0.15) is 6.92 Å². The molecule has 9 heteroatoms. The van der Waals surface area contributed by atoms with E-state index < -0.39 is 24.3 Å². The number of likely N-dealkylation sites (N-methyl/N-ethyl adjacent to an activating group) is 1. The summed E-state index contributed by atoms with van der Waals surface area (Å²) in [5, 5.41) is 0.489. The number of ether oxygens (including phenoxy) is 2. The molecule has 118 valence electrons. The number of imide groups is 1. The van der Waals surface area contributed by atoms with Crippen molar-refractivity contribution in [3.8, 4) is 0 Å². The van der Waals surface area contributed by atoms with Crippen LogP contribution in [0.25, 0.3) is 0 Å². The summed E-state index contributed by atoms with van der Waals surface area (Å²) < 4.78 is 9.55. The van der Waals surface area contributed by atoms with Crippen molar-refractivity contribution in [1.82, 2.24) is 4.90 Å². The molecule has 0 N–H and O–H groups in total. The Morgan fingerprint density at radius 3 is 2.55 bits per heavy atom. The summed E-state index contributed by atoms with van der Waals surface area (Å²) in [4.78, 5) is 37.5. The molecule has 3 amide bonds. The third-order valence-electron chi connectivity index (χ3n) is 2.92. The van der Waals surface area contributed by atoms with Crippen LogP contribution in [0.3, 0.4) is 0 Å². The first kappa shape index (κ1) is 16.4. The number of halogens is 2. The van der Waals surface area contributed by atoms with Crippen molar-refractivity contribution in [2.24, 2.45) is 0 Å². The molecular formula is C13H12Cl2N2O5. The summed E-state index contributed by atoms with van der Waals surface area (Å²) in [6.07, 6.45) is -2.50. The SMILES string of the molecule is CCOC(=O)O[C@@H]1C(=O)N(C)C(=O)N1c1ccc(Cl)c(Cl)c1. The number of hydrogen-bond donors (Lipinski definition) is 0. The van der Waals surface area contributed by atoms with Crippen LogP contribution < -0.4 is 4.90 Å². The molecule has 1 atom stereocenters. The fourth-order valence-electron chi connectivity index (χ4n) is 1.86. The van der Waals surface area contributed by atoms with Gasteiger partial charge in [0.25, 0.3) is 12.1 Å². The third kappa shape index (κ3) is 2.95. The van der Waals surface area contributed by atoms with Gasteiger partial charge in [-0.15, -0.1) is 0 Å². The maximum atomic E-state index is 12.2. The van der Waals surface area contributed by atoms with E-state index in [9.17, 15) is 14.4 Å². The van der Waals surface area contributed by atoms with Crippen LogP contribution in [0.2, 0.25) is 10.0 Å². The zero-order valence-corrected chi connectivity index (χ0v) is 13.2. The third-order valence-corrected chi connectivity index (χ3v) is 3.66. The van der Waals surface area contributed by atoms with E-state index in [1.807, 2.05) is 0 Å². The van der Waals surface area contributed by atoms with Gasteiger partial charge < -0.3 is 9.47 Å². The fraction of sp³-hybridized carbons (Fsp3) is 0.308. The molecule has 1 heterocycles. The highest BCUT2D eigenvalue weighted by Gasteiger charge is 2.47. The van der Waals surface area contributed by atoms with Gasteiger partial charge in [-0.1, -0.05) is 23.2 Å². The van der Waals surface area contributed by atoms with Gasteiger partial charge in [-0.25, -0.2) is 14.5 Å². The highest BCUT2D eigenvalue weighted by Crippen LogP contribution is 2.31. The molecule has 1 fully saturated rings. The lowest BCUT2D eigenvalue weighted by molar-refractivity contribution is -0.133. The normalized spacial score (nSPS) is 17.9. The molecule has 2 rings (SSSR count). The average molecular weight is 347 g/mol. The summed E-state index contributed by atoms with van der Waals surface area (Å²) in [6, 6.07) is 3.70. The quantitative estimate of drug-likeness (QED) is 0.621. The predicted molar refractivity (Wildman–Crippen MR) is 79.0 cm³/mol. The van der Waals surface area contributed by atoms with E-state index in [1.165, 1.54) is 25.2 Å². The zero-order valence-electron chi connectivity index (χ0n) is 11.7. The van der Waals surface area contributed by atoms with Crippen LogP contribution >= 0.6 is 23.2 Å².